The van der Waals surface area contributed by atoms with Crippen LogP contribution in [0.5, 0.6) is 0 Å². The molecule has 1 aliphatic rings. The Morgan fingerprint density at radius 2 is 2.20 bits per heavy atom. The average Bonchev–Trinajstić information content (AvgIpc) is 2.80. The standard InChI is InChI=1S/C13H20N4O3/c1-8-3-4-10(9(2)5-8)14-13(20)11-6-17(16-15-11)7-12(18)19/h6,8-10H,3-5,7H2,1-2H3,(H,14,20)(H,18,19). The number of amides is 1. The molecule has 0 spiro atoms. The summed E-state index contributed by atoms with van der Waals surface area (Å²) in [6.07, 6.45) is 4.55. The van der Waals surface area contributed by atoms with Crippen LogP contribution < -0.4 is 5.32 Å². The quantitative estimate of drug-likeness (QED) is 0.854. The number of hydrogen-bond acceptors (Lipinski definition) is 4. The van der Waals surface area contributed by atoms with Gasteiger partial charge in [-0.25, -0.2) is 4.68 Å². The molecule has 110 valence electrons. The van der Waals surface area contributed by atoms with Gasteiger partial charge in [-0.3, -0.25) is 9.59 Å². The van der Waals surface area contributed by atoms with Gasteiger partial charge in [0.1, 0.15) is 6.54 Å². The Bertz CT molecular complexity index is 500. The molecule has 0 saturated heterocycles. The monoisotopic (exact) mass is 280 g/mol. The molecule has 20 heavy (non-hydrogen) atoms. The van der Waals surface area contributed by atoms with E-state index in [0.717, 1.165) is 23.9 Å². The molecule has 0 radical (unpaired) electrons. The van der Waals surface area contributed by atoms with Gasteiger partial charge in [-0.05, 0) is 31.1 Å². The first kappa shape index (κ1) is 14.5. The van der Waals surface area contributed by atoms with Crippen molar-refractivity contribution in [2.45, 2.75) is 45.7 Å². The van der Waals surface area contributed by atoms with Crippen LogP contribution in [-0.2, 0) is 11.3 Å². The third kappa shape index (κ3) is 3.55. The molecular weight excluding hydrogens is 260 g/mol. The number of carbonyl (C=O) groups is 2. The van der Waals surface area contributed by atoms with Gasteiger partial charge in [-0.15, -0.1) is 5.10 Å². The summed E-state index contributed by atoms with van der Waals surface area (Å²) in [6.45, 7) is 4.07. The van der Waals surface area contributed by atoms with Crippen LogP contribution in [0.15, 0.2) is 6.20 Å². The molecule has 1 aromatic rings. The zero-order valence-corrected chi connectivity index (χ0v) is 11.7. The number of carbonyl (C=O) groups excluding carboxylic acids is 1. The lowest BCUT2D eigenvalue weighted by atomic mass is 9.80. The second kappa shape index (κ2) is 6.02. The SMILES string of the molecule is CC1CCC(NC(=O)c2cn(CC(=O)O)nn2)C(C)C1. The number of carboxylic acids is 1. The van der Waals surface area contributed by atoms with E-state index < -0.39 is 5.97 Å². The first-order valence-electron chi connectivity index (χ1n) is 6.88. The second-order valence-electron chi connectivity index (χ2n) is 5.67. The Morgan fingerprint density at radius 1 is 1.45 bits per heavy atom. The fraction of sp³-hybridized carbons (Fsp3) is 0.692. The number of nitrogens with one attached hydrogen (secondary N) is 1. The molecule has 1 heterocycles. The highest BCUT2D eigenvalue weighted by molar-refractivity contribution is 5.92. The fourth-order valence-corrected chi connectivity index (χ4v) is 2.74. The van der Waals surface area contributed by atoms with Gasteiger partial charge in [0.25, 0.3) is 5.91 Å². The average molecular weight is 280 g/mol. The molecule has 1 aromatic heterocycles. The van der Waals surface area contributed by atoms with Gasteiger partial charge in [0, 0.05) is 6.04 Å². The fourth-order valence-electron chi connectivity index (χ4n) is 2.74. The third-order valence-electron chi connectivity index (χ3n) is 3.82. The Morgan fingerprint density at radius 3 is 2.85 bits per heavy atom. The molecule has 1 saturated carbocycles. The van der Waals surface area contributed by atoms with Crippen LogP contribution in [0.3, 0.4) is 0 Å². The van der Waals surface area contributed by atoms with Gasteiger partial charge >= 0.3 is 5.97 Å². The van der Waals surface area contributed by atoms with Gasteiger partial charge in [0.2, 0.25) is 0 Å². The number of aromatic nitrogens is 3. The number of nitrogens with zero attached hydrogens (tertiary/aromatic N) is 3. The largest absolute Gasteiger partial charge is 0.480 e. The molecule has 1 fully saturated rings. The van der Waals surface area contributed by atoms with Crippen molar-refractivity contribution in [1.29, 1.82) is 0 Å². The summed E-state index contributed by atoms with van der Waals surface area (Å²) < 4.78 is 1.14. The van der Waals surface area contributed by atoms with E-state index in [2.05, 4.69) is 29.5 Å². The summed E-state index contributed by atoms with van der Waals surface area (Å²) >= 11 is 0. The predicted octanol–water partition coefficient (Wildman–Crippen LogP) is 0.917. The van der Waals surface area contributed by atoms with E-state index in [4.69, 9.17) is 5.11 Å². The molecule has 0 aliphatic heterocycles. The van der Waals surface area contributed by atoms with E-state index in [1.54, 1.807) is 0 Å². The minimum Gasteiger partial charge on any atom is -0.480 e. The summed E-state index contributed by atoms with van der Waals surface area (Å²) in [4.78, 5) is 22.6. The van der Waals surface area contributed by atoms with Gasteiger partial charge in [0.15, 0.2) is 5.69 Å². The second-order valence-corrected chi connectivity index (χ2v) is 5.67. The highest BCUT2D eigenvalue weighted by atomic mass is 16.4. The van der Waals surface area contributed by atoms with E-state index in [0.29, 0.717) is 11.8 Å². The third-order valence-corrected chi connectivity index (χ3v) is 3.82. The summed E-state index contributed by atoms with van der Waals surface area (Å²) in [6, 6.07) is 0.156. The normalized spacial score (nSPS) is 26.2. The van der Waals surface area contributed by atoms with Crippen molar-refractivity contribution in [1.82, 2.24) is 20.3 Å². The summed E-state index contributed by atoms with van der Waals surface area (Å²) in [5.41, 5.74) is 0.164. The molecule has 0 aromatic carbocycles. The summed E-state index contributed by atoms with van der Waals surface area (Å²) in [5, 5.41) is 19.0. The number of aliphatic carboxylic acids is 1. The van der Waals surface area contributed by atoms with Crippen LogP contribution >= 0.6 is 0 Å². The summed E-state index contributed by atoms with van der Waals surface area (Å²) in [5.74, 6) is -0.156. The lowest BCUT2D eigenvalue weighted by Gasteiger charge is -2.32. The molecular formula is C13H20N4O3. The van der Waals surface area contributed by atoms with Crippen LogP contribution in [0.1, 0.15) is 43.6 Å². The Hall–Kier alpha value is -1.92. The van der Waals surface area contributed by atoms with E-state index >= 15 is 0 Å². The van der Waals surface area contributed by atoms with Crippen molar-refractivity contribution in [3.05, 3.63) is 11.9 Å². The molecule has 2 rings (SSSR count). The van der Waals surface area contributed by atoms with Gasteiger partial charge in [-0.2, -0.15) is 0 Å². The zero-order valence-electron chi connectivity index (χ0n) is 11.7. The van der Waals surface area contributed by atoms with Crippen molar-refractivity contribution < 1.29 is 14.7 Å². The van der Waals surface area contributed by atoms with Crippen molar-refractivity contribution in [2.75, 3.05) is 0 Å². The Kier molecular flexibility index (Phi) is 4.36. The molecule has 2 N–H and O–H groups in total. The van der Waals surface area contributed by atoms with E-state index in [9.17, 15) is 9.59 Å². The van der Waals surface area contributed by atoms with Gasteiger partial charge < -0.3 is 10.4 Å². The van der Waals surface area contributed by atoms with Crippen LogP contribution in [-0.4, -0.2) is 38.0 Å². The van der Waals surface area contributed by atoms with Gasteiger partial charge in [0.05, 0.1) is 6.20 Å². The van der Waals surface area contributed by atoms with Gasteiger partial charge in [-0.1, -0.05) is 19.1 Å². The van der Waals surface area contributed by atoms with Crippen LogP contribution in [0.2, 0.25) is 0 Å². The first-order chi connectivity index (χ1) is 9.45. The van der Waals surface area contributed by atoms with Crippen LogP contribution in [0, 0.1) is 11.8 Å². The highest BCUT2D eigenvalue weighted by Crippen LogP contribution is 2.28. The van der Waals surface area contributed by atoms with Crippen LogP contribution in [0.25, 0.3) is 0 Å². The lowest BCUT2D eigenvalue weighted by molar-refractivity contribution is -0.137. The smallest absolute Gasteiger partial charge is 0.325 e. The maximum atomic E-state index is 12.1. The first-order valence-corrected chi connectivity index (χ1v) is 6.88. The topological polar surface area (TPSA) is 97.1 Å². The Balaban J connectivity index is 1.94. The molecule has 7 nitrogen and oxygen atoms in total. The number of hydrogen-bond donors (Lipinski definition) is 2. The number of carboxylic acid groups (broad SMARTS) is 1. The molecule has 3 atom stereocenters. The van der Waals surface area contributed by atoms with Crippen molar-refractivity contribution in [2.24, 2.45) is 11.8 Å². The molecule has 7 heteroatoms. The molecule has 3 unspecified atom stereocenters. The minimum absolute atomic E-state index is 0.156. The lowest BCUT2D eigenvalue weighted by Crippen LogP contribution is -2.42. The molecule has 0 bridgehead atoms. The highest BCUT2D eigenvalue weighted by Gasteiger charge is 2.27. The van der Waals surface area contributed by atoms with Crippen LogP contribution in [0.4, 0.5) is 0 Å². The molecule has 1 aliphatic carbocycles. The maximum absolute atomic E-state index is 12.1. The van der Waals surface area contributed by atoms with E-state index in [1.165, 1.54) is 6.20 Å². The maximum Gasteiger partial charge on any atom is 0.325 e. The van der Waals surface area contributed by atoms with E-state index in [1.807, 2.05) is 0 Å². The number of rotatable bonds is 4. The minimum atomic E-state index is -1.02. The van der Waals surface area contributed by atoms with Crippen molar-refractivity contribution in [3.63, 3.8) is 0 Å². The Labute approximate surface area is 117 Å². The van der Waals surface area contributed by atoms with Crippen molar-refractivity contribution >= 4 is 11.9 Å². The zero-order chi connectivity index (χ0) is 14.7. The van der Waals surface area contributed by atoms with E-state index in [-0.39, 0.29) is 24.2 Å². The molecule has 1 amide bonds. The summed E-state index contributed by atoms with van der Waals surface area (Å²) in [7, 11) is 0. The van der Waals surface area contributed by atoms with Crippen molar-refractivity contribution in [3.8, 4) is 0 Å². The predicted molar refractivity (Wildman–Crippen MR) is 71.1 cm³/mol.